The molecule has 0 aliphatic heterocycles. The Kier molecular flexibility index (Phi) is 4.57. The fourth-order valence-corrected chi connectivity index (χ4v) is 8.05. The first kappa shape index (κ1) is 23.1. The molecule has 0 saturated carbocycles. The van der Waals surface area contributed by atoms with E-state index >= 15 is 0 Å². The lowest BCUT2D eigenvalue weighted by Gasteiger charge is -2.12. The van der Waals surface area contributed by atoms with Gasteiger partial charge in [-0.25, -0.2) is 9.97 Å². The fraction of sp³-hybridized carbons (Fsp3) is 0. The molecule has 0 bridgehead atoms. The Morgan fingerprint density at radius 2 is 1.26 bits per heavy atom. The van der Waals surface area contributed by atoms with Crippen LogP contribution in [0.25, 0.3) is 92.0 Å². The van der Waals surface area contributed by atoms with Crippen LogP contribution in [0.2, 0.25) is 0 Å². The van der Waals surface area contributed by atoms with Crippen molar-refractivity contribution < 1.29 is 4.42 Å². The van der Waals surface area contributed by atoms with Crippen LogP contribution in [-0.2, 0) is 0 Å². The Hall–Kier alpha value is -5.52. The molecule has 0 aliphatic carbocycles. The van der Waals surface area contributed by atoms with Crippen LogP contribution in [-0.4, -0.2) is 14.5 Å². The molecule has 6 aromatic carbocycles. The number of hydrogen-bond acceptors (Lipinski definition) is 4. The van der Waals surface area contributed by atoms with Crippen molar-refractivity contribution in [3.05, 3.63) is 127 Å². The van der Waals surface area contributed by atoms with E-state index in [1.54, 1.807) is 0 Å². The molecule has 0 spiro atoms. The topological polar surface area (TPSA) is 43.9 Å². The molecule has 0 unspecified atom stereocenters. The first-order valence-electron chi connectivity index (χ1n) is 14.4. The number of rotatable bonds is 2. The summed E-state index contributed by atoms with van der Waals surface area (Å²) in [6.45, 7) is 0. The molecule has 5 heteroatoms. The van der Waals surface area contributed by atoms with Crippen LogP contribution in [0.1, 0.15) is 0 Å². The van der Waals surface area contributed by atoms with Crippen LogP contribution in [0.15, 0.2) is 132 Å². The van der Waals surface area contributed by atoms with E-state index in [0.717, 1.165) is 60.5 Å². The number of hydrogen-bond donors (Lipinski definition) is 0. The molecule has 4 nitrogen and oxygen atoms in total. The van der Waals surface area contributed by atoms with Crippen LogP contribution in [0.3, 0.4) is 0 Å². The van der Waals surface area contributed by atoms with Crippen molar-refractivity contribution in [3.8, 4) is 17.2 Å². The Labute approximate surface area is 249 Å². The molecule has 200 valence electrons. The second kappa shape index (κ2) is 8.51. The van der Waals surface area contributed by atoms with E-state index in [2.05, 4.69) is 114 Å². The maximum Gasteiger partial charge on any atom is 0.235 e. The van der Waals surface area contributed by atoms with E-state index in [4.69, 9.17) is 14.4 Å². The summed E-state index contributed by atoms with van der Waals surface area (Å²) in [7, 11) is 0. The van der Waals surface area contributed by atoms with Crippen molar-refractivity contribution in [1.29, 1.82) is 0 Å². The Bertz CT molecular complexity index is 2730. The van der Waals surface area contributed by atoms with E-state index in [0.29, 0.717) is 5.95 Å². The third-order valence-electron chi connectivity index (χ3n) is 8.60. The molecule has 0 N–H and O–H groups in total. The van der Waals surface area contributed by atoms with Crippen LogP contribution in [0.5, 0.6) is 0 Å². The lowest BCUT2D eigenvalue weighted by atomic mass is 10.0. The van der Waals surface area contributed by atoms with Gasteiger partial charge in [0, 0.05) is 42.6 Å². The second-order valence-electron chi connectivity index (χ2n) is 10.9. The van der Waals surface area contributed by atoms with Crippen molar-refractivity contribution in [2.75, 3.05) is 0 Å². The molecule has 0 aliphatic rings. The van der Waals surface area contributed by atoms with Crippen molar-refractivity contribution >= 4 is 86.2 Å². The number of nitrogens with zero attached hydrogens (tertiary/aromatic N) is 3. The predicted octanol–water partition coefficient (Wildman–Crippen LogP) is 10.7. The molecule has 0 saturated heterocycles. The van der Waals surface area contributed by atoms with Crippen LogP contribution < -0.4 is 0 Å². The smallest absolute Gasteiger partial charge is 0.235 e. The van der Waals surface area contributed by atoms with Gasteiger partial charge in [0.1, 0.15) is 11.2 Å². The Balaban J connectivity index is 1.48. The number of benzene rings is 6. The molecular formula is C38H21N3OS. The van der Waals surface area contributed by atoms with Gasteiger partial charge in [0.05, 0.1) is 32.3 Å². The highest BCUT2D eigenvalue weighted by molar-refractivity contribution is 7.27. The number of aromatic nitrogens is 3. The minimum absolute atomic E-state index is 0.651. The number of fused-ring (bicyclic) bond motifs is 13. The summed E-state index contributed by atoms with van der Waals surface area (Å²) in [5, 5.41) is 8.02. The zero-order valence-electron chi connectivity index (χ0n) is 22.8. The van der Waals surface area contributed by atoms with Gasteiger partial charge in [-0.05, 0) is 24.3 Å². The van der Waals surface area contributed by atoms with E-state index in [-0.39, 0.29) is 0 Å². The van der Waals surface area contributed by atoms with Crippen molar-refractivity contribution in [3.63, 3.8) is 0 Å². The first-order valence-corrected chi connectivity index (χ1v) is 15.2. The van der Waals surface area contributed by atoms with Gasteiger partial charge in [-0.15, -0.1) is 11.3 Å². The minimum Gasteiger partial charge on any atom is -0.455 e. The summed E-state index contributed by atoms with van der Waals surface area (Å²) in [6, 6.07) is 44.3. The maximum absolute atomic E-state index is 6.76. The monoisotopic (exact) mass is 567 g/mol. The average molecular weight is 568 g/mol. The molecule has 0 atom stereocenters. The second-order valence-corrected chi connectivity index (χ2v) is 12.0. The van der Waals surface area contributed by atoms with Gasteiger partial charge in [-0.1, -0.05) is 103 Å². The molecule has 0 amide bonds. The fourth-order valence-electron chi connectivity index (χ4n) is 6.80. The molecule has 0 fully saturated rings. The predicted molar refractivity (Wildman–Crippen MR) is 179 cm³/mol. The zero-order valence-corrected chi connectivity index (χ0v) is 23.6. The van der Waals surface area contributed by atoms with Gasteiger partial charge in [0.2, 0.25) is 5.95 Å². The Morgan fingerprint density at radius 1 is 0.558 bits per heavy atom. The van der Waals surface area contributed by atoms with Gasteiger partial charge in [-0.3, -0.25) is 4.57 Å². The summed E-state index contributed by atoms with van der Waals surface area (Å²) in [4.78, 5) is 10.5. The molecule has 0 radical (unpaired) electrons. The zero-order chi connectivity index (χ0) is 28.1. The highest BCUT2D eigenvalue weighted by Crippen LogP contribution is 2.50. The molecule has 10 rings (SSSR count). The molecular weight excluding hydrogens is 547 g/mol. The van der Waals surface area contributed by atoms with Gasteiger partial charge in [0.25, 0.3) is 0 Å². The largest absolute Gasteiger partial charge is 0.455 e. The third kappa shape index (κ3) is 3.09. The van der Waals surface area contributed by atoms with E-state index in [1.807, 2.05) is 29.5 Å². The van der Waals surface area contributed by atoms with Crippen molar-refractivity contribution in [2.24, 2.45) is 0 Å². The molecule has 4 aromatic heterocycles. The SMILES string of the molecule is c1ccc(-c2nc(-n3c4ccccc4c4c5oc6ccccc6c5c5c6ccccc6sc5c43)nc3ccccc23)cc1. The summed E-state index contributed by atoms with van der Waals surface area (Å²) in [5.41, 5.74) is 6.84. The van der Waals surface area contributed by atoms with Crippen LogP contribution in [0, 0.1) is 0 Å². The molecule has 43 heavy (non-hydrogen) atoms. The summed E-state index contributed by atoms with van der Waals surface area (Å²) < 4.78 is 11.5. The van der Waals surface area contributed by atoms with Crippen molar-refractivity contribution in [1.82, 2.24) is 14.5 Å². The van der Waals surface area contributed by atoms with Crippen LogP contribution >= 0.6 is 11.3 Å². The first-order chi connectivity index (χ1) is 21.3. The lowest BCUT2D eigenvalue weighted by Crippen LogP contribution is -2.03. The number of thiophene rings is 1. The van der Waals surface area contributed by atoms with E-state index in [9.17, 15) is 0 Å². The molecule has 10 aromatic rings. The quantitative estimate of drug-likeness (QED) is 0.209. The van der Waals surface area contributed by atoms with Gasteiger partial charge in [0.15, 0.2) is 0 Å². The molecule has 4 heterocycles. The summed E-state index contributed by atoms with van der Waals surface area (Å²) >= 11 is 1.83. The minimum atomic E-state index is 0.651. The highest BCUT2D eigenvalue weighted by Gasteiger charge is 2.26. The van der Waals surface area contributed by atoms with Gasteiger partial charge in [-0.2, -0.15) is 0 Å². The highest BCUT2D eigenvalue weighted by atomic mass is 32.1. The lowest BCUT2D eigenvalue weighted by molar-refractivity contribution is 0.673. The average Bonchev–Trinajstić information content (AvgIpc) is 3.74. The van der Waals surface area contributed by atoms with Crippen molar-refractivity contribution in [2.45, 2.75) is 0 Å². The third-order valence-corrected chi connectivity index (χ3v) is 9.77. The Morgan fingerprint density at radius 3 is 2.14 bits per heavy atom. The van der Waals surface area contributed by atoms with Gasteiger partial charge >= 0.3 is 0 Å². The standard InChI is InChI=1S/C38H21N3OS/c1-2-12-22(13-3-1)34-23-14-4-8-18-27(23)39-38(40-34)41-28-19-9-5-15-24(28)33-35(41)37-32(26-17-7-11-21-30(26)43-37)31-25-16-6-10-20-29(25)42-36(31)33/h1-21H. The maximum atomic E-state index is 6.76. The number of para-hydroxylation sites is 3. The summed E-state index contributed by atoms with van der Waals surface area (Å²) in [5.74, 6) is 0.651. The summed E-state index contributed by atoms with van der Waals surface area (Å²) in [6.07, 6.45) is 0. The normalized spacial score (nSPS) is 12.2. The van der Waals surface area contributed by atoms with E-state index in [1.165, 1.54) is 25.6 Å². The van der Waals surface area contributed by atoms with E-state index < -0.39 is 0 Å². The van der Waals surface area contributed by atoms with Gasteiger partial charge < -0.3 is 4.42 Å². The number of furan rings is 1. The van der Waals surface area contributed by atoms with Crippen LogP contribution in [0.4, 0.5) is 0 Å².